The van der Waals surface area contributed by atoms with Crippen molar-refractivity contribution >= 4 is 28.6 Å². The molecule has 110 valence electrons. The summed E-state index contributed by atoms with van der Waals surface area (Å²) >= 11 is 1.92. The molecule has 21 heavy (non-hydrogen) atoms. The van der Waals surface area contributed by atoms with Crippen molar-refractivity contribution in [3.8, 4) is 11.6 Å². The fourth-order valence-electron chi connectivity index (χ4n) is 1.44. The number of carbonyl (C=O) groups is 1. The molecule has 0 atom stereocenters. The van der Waals surface area contributed by atoms with E-state index in [1.54, 1.807) is 0 Å². The third-order valence-electron chi connectivity index (χ3n) is 2.46. The number of pyridine rings is 1. The number of ether oxygens (including phenoxy) is 1. The maximum Gasteiger partial charge on any atom is 0.417 e. The van der Waals surface area contributed by atoms with Crippen LogP contribution in [-0.4, -0.2) is 16.1 Å². The Morgan fingerprint density at radius 2 is 1.95 bits per heavy atom. The van der Waals surface area contributed by atoms with Gasteiger partial charge in [0.15, 0.2) is 0 Å². The zero-order valence-electron chi connectivity index (χ0n) is 10.2. The van der Waals surface area contributed by atoms with Crippen LogP contribution in [0.25, 0.3) is 0 Å². The molecule has 1 aromatic heterocycles. The lowest BCUT2D eigenvalue weighted by Gasteiger charge is -2.09. The van der Waals surface area contributed by atoms with Crippen LogP contribution in [0.2, 0.25) is 0 Å². The number of hydrogen-bond acceptors (Lipinski definition) is 3. The lowest BCUT2D eigenvalue weighted by atomic mass is 10.2. The quantitative estimate of drug-likeness (QED) is 0.773. The molecule has 0 aliphatic heterocycles. The van der Waals surface area contributed by atoms with Crippen LogP contribution < -0.4 is 4.74 Å². The van der Waals surface area contributed by atoms with Gasteiger partial charge in [0.2, 0.25) is 5.88 Å². The van der Waals surface area contributed by atoms with Crippen molar-refractivity contribution in [1.29, 1.82) is 0 Å². The van der Waals surface area contributed by atoms with Gasteiger partial charge in [-0.3, -0.25) is 0 Å². The highest BCUT2D eigenvalue weighted by molar-refractivity contribution is 14.1. The van der Waals surface area contributed by atoms with E-state index in [9.17, 15) is 18.0 Å². The predicted octanol–water partition coefficient (Wildman–Crippen LogP) is 4.20. The number of benzene rings is 1. The van der Waals surface area contributed by atoms with Gasteiger partial charge in [0.1, 0.15) is 5.75 Å². The molecule has 1 heterocycles. The average Bonchev–Trinajstić information content (AvgIpc) is 2.40. The van der Waals surface area contributed by atoms with Crippen LogP contribution >= 0.6 is 22.6 Å². The van der Waals surface area contributed by atoms with Crippen LogP contribution in [-0.2, 0) is 6.18 Å². The predicted molar refractivity (Wildman–Crippen MR) is 75.4 cm³/mol. The summed E-state index contributed by atoms with van der Waals surface area (Å²) in [5.41, 5.74) is -0.874. The second-order valence-corrected chi connectivity index (χ2v) is 5.10. The van der Waals surface area contributed by atoms with E-state index in [2.05, 4.69) is 4.98 Å². The molecule has 0 saturated heterocycles. The van der Waals surface area contributed by atoms with E-state index >= 15 is 0 Å². The van der Waals surface area contributed by atoms with Gasteiger partial charge in [-0.05, 0) is 46.9 Å². The van der Waals surface area contributed by atoms with E-state index in [0.717, 1.165) is 12.1 Å². The summed E-state index contributed by atoms with van der Waals surface area (Å²) in [6.45, 7) is 0. The van der Waals surface area contributed by atoms with Crippen LogP contribution in [0.3, 0.4) is 0 Å². The van der Waals surface area contributed by atoms with E-state index < -0.39 is 17.7 Å². The first-order valence-corrected chi connectivity index (χ1v) is 6.59. The molecule has 0 unspecified atom stereocenters. The van der Waals surface area contributed by atoms with Gasteiger partial charge < -0.3 is 9.84 Å². The second-order valence-electron chi connectivity index (χ2n) is 3.94. The molecule has 8 heteroatoms. The van der Waals surface area contributed by atoms with Crippen molar-refractivity contribution < 1.29 is 27.8 Å². The third-order valence-corrected chi connectivity index (χ3v) is 3.35. The molecule has 0 bridgehead atoms. The topological polar surface area (TPSA) is 59.4 Å². The van der Waals surface area contributed by atoms with Gasteiger partial charge in [-0.15, -0.1) is 0 Å². The molecule has 2 aromatic rings. The number of nitrogens with zero attached hydrogens (tertiary/aromatic N) is 1. The van der Waals surface area contributed by atoms with Gasteiger partial charge in [-0.25, -0.2) is 9.78 Å². The fourth-order valence-corrected chi connectivity index (χ4v) is 1.88. The van der Waals surface area contributed by atoms with Gasteiger partial charge in [0.05, 0.1) is 14.7 Å². The standard InChI is InChI=1S/C13H7F3INO3/c14-13(15,16)8-2-4-11(18-6-8)21-10-5-7(12(19)20)1-3-9(10)17/h1-6H,(H,19,20). The van der Waals surface area contributed by atoms with Crippen molar-refractivity contribution in [1.82, 2.24) is 4.98 Å². The molecule has 1 N–H and O–H groups in total. The summed E-state index contributed by atoms with van der Waals surface area (Å²) in [5.74, 6) is -0.970. The van der Waals surface area contributed by atoms with Gasteiger partial charge in [-0.1, -0.05) is 0 Å². The van der Waals surface area contributed by atoms with E-state index in [4.69, 9.17) is 9.84 Å². The molecule has 0 amide bonds. The minimum absolute atomic E-state index is 0.0114. The maximum absolute atomic E-state index is 12.4. The summed E-state index contributed by atoms with van der Waals surface area (Å²) in [5, 5.41) is 8.89. The first-order valence-electron chi connectivity index (χ1n) is 5.51. The molecule has 4 nitrogen and oxygen atoms in total. The number of aromatic nitrogens is 1. The smallest absolute Gasteiger partial charge is 0.417 e. The first kappa shape index (κ1) is 15.5. The first-order chi connectivity index (χ1) is 9.77. The van der Waals surface area contributed by atoms with Crippen molar-refractivity contribution in [3.63, 3.8) is 0 Å². The monoisotopic (exact) mass is 409 g/mol. The Morgan fingerprint density at radius 3 is 2.48 bits per heavy atom. The molecule has 0 spiro atoms. The van der Waals surface area contributed by atoms with Crippen molar-refractivity contribution in [2.75, 3.05) is 0 Å². The average molecular weight is 409 g/mol. The number of carboxylic acid groups (broad SMARTS) is 1. The number of halogens is 4. The van der Waals surface area contributed by atoms with Gasteiger partial charge in [0, 0.05) is 12.3 Å². The Morgan fingerprint density at radius 1 is 1.24 bits per heavy atom. The summed E-state index contributed by atoms with van der Waals surface area (Å²) in [7, 11) is 0. The highest BCUT2D eigenvalue weighted by Crippen LogP contribution is 2.31. The van der Waals surface area contributed by atoms with Crippen molar-refractivity contribution in [2.45, 2.75) is 6.18 Å². The maximum atomic E-state index is 12.4. The molecule has 0 fully saturated rings. The van der Waals surface area contributed by atoms with Crippen LogP contribution in [0.1, 0.15) is 15.9 Å². The Labute approximate surface area is 130 Å². The molecular formula is C13H7F3INO3. The van der Waals surface area contributed by atoms with Crippen LogP contribution in [0, 0.1) is 3.57 Å². The fraction of sp³-hybridized carbons (Fsp3) is 0.0769. The molecular weight excluding hydrogens is 402 g/mol. The number of hydrogen-bond donors (Lipinski definition) is 1. The zero-order valence-corrected chi connectivity index (χ0v) is 12.3. The van der Waals surface area contributed by atoms with E-state index in [0.29, 0.717) is 9.77 Å². The highest BCUT2D eigenvalue weighted by Gasteiger charge is 2.30. The van der Waals surface area contributed by atoms with Gasteiger partial charge in [-0.2, -0.15) is 13.2 Å². The van der Waals surface area contributed by atoms with Gasteiger partial charge in [0.25, 0.3) is 0 Å². The van der Waals surface area contributed by atoms with Crippen LogP contribution in [0.5, 0.6) is 11.6 Å². The van der Waals surface area contributed by atoms with E-state index in [1.165, 1.54) is 18.2 Å². The summed E-state index contributed by atoms with van der Waals surface area (Å²) in [6.07, 6.45) is -3.81. The number of rotatable bonds is 3. The number of carboxylic acids is 1. The molecule has 1 aromatic carbocycles. The molecule has 0 radical (unpaired) electrons. The molecule has 2 rings (SSSR count). The Kier molecular flexibility index (Phi) is 4.35. The SMILES string of the molecule is O=C(O)c1ccc(I)c(Oc2ccc(C(F)(F)F)cn2)c1. The largest absolute Gasteiger partial charge is 0.478 e. The Balaban J connectivity index is 2.26. The summed E-state index contributed by atoms with van der Waals surface area (Å²) < 4.78 is 43.1. The van der Waals surface area contributed by atoms with E-state index in [1.807, 2.05) is 22.6 Å². The van der Waals surface area contributed by atoms with Crippen molar-refractivity contribution in [2.24, 2.45) is 0 Å². The van der Waals surface area contributed by atoms with Crippen LogP contribution in [0.4, 0.5) is 13.2 Å². The third kappa shape index (κ3) is 3.84. The number of alkyl halides is 3. The lowest BCUT2D eigenvalue weighted by Crippen LogP contribution is -2.05. The number of aromatic carboxylic acids is 1. The van der Waals surface area contributed by atoms with Crippen LogP contribution in [0.15, 0.2) is 36.5 Å². The summed E-state index contributed by atoms with van der Waals surface area (Å²) in [6, 6.07) is 6.13. The van der Waals surface area contributed by atoms with E-state index in [-0.39, 0.29) is 17.2 Å². The molecule has 0 aliphatic carbocycles. The minimum atomic E-state index is -4.47. The minimum Gasteiger partial charge on any atom is -0.478 e. The Hall–Kier alpha value is -1.84. The van der Waals surface area contributed by atoms with Crippen molar-refractivity contribution in [3.05, 3.63) is 51.2 Å². The Bertz CT molecular complexity index is 671. The second kappa shape index (κ2) is 5.88. The molecule has 0 saturated carbocycles. The highest BCUT2D eigenvalue weighted by atomic mass is 127. The van der Waals surface area contributed by atoms with Gasteiger partial charge >= 0.3 is 12.1 Å². The molecule has 0 aliphatic rings. The lowest BCUT2D eigenvalue weighted by molar-refractivity contribution is -0.137. The normalized spacial score (nSPS) is 11.2. The summed E-state index contributed by atoms with van der Waals surface area (Å²) in [4.78, 5) is 14.4. The zero-order chi connectivity index (χ0) is 15.6.